The maximum Gasteiger partial charge on any atom is 1.00 e. The number of hydrogen-bond donors (Lipinski definition) is 3. The fourth-order valence-electron chi connectivity index (χ4n) is 2.55. The predicted molar refractivity (Wildman–Crippen MR) is 101 cm³/mol. The Balaban J connectivity index is 0.00000261. The Kier molecular flexibility index (Phi) is 7.15. The van der Waals surface area contributed by atoms with Crippen molar-refractivity contribution in [2.24, 2.45) is 0 Å². The van der Waals surface area contributed by atoms with Crippen LogP contribution >= 0.6 is 24.4 Å². The van der Waals surface area contributed by atoms with E-state index in [4.69, 9.17) is 24.4 Å². The Morgan fingerprint density at radius 1 is 1.11 bits per heavy atom. The number of carbonyl (C=O) groups excluding carboxylic acids is 1. The van der Waals surface area contributed by atoms with Gasteiger partial charge in [0.15, 0.2) is 9.54 Å². The number of nitrogens with one attached hydrogen (secondary N) is 2. The Bertz CT molecular complexity index is 1030. The number of carbonyl (C=O) groups is 1. The number of aromatic amines is 2. The molecule has 0 aliphatic rings. The molecule has 1 atom stereocenters. The molecule has 27 heavy (non-hydrogen) atoms. The van der Waals surface area contributed by atoms with Gasteiger partial charge in [0.05, 0.1) is 11.7 Å². The summed E-state index contributed by atoms with van der Waals surface area (Å²) in [5.74, 6) is -1.53. The molecular formula is C17H15N4NaO3S2. The minimum Gasteiger partial charge on any atom is -0.547 e. The molecule has 3 N–H and O–H groups in total. The molecule has 0 bridgehead atoms. The number of hydrogen-bond acceptors (Lipinski definition) is 6. The third-order valence-corrected chi connectivity index (χ3v) is 4.55. The molecule has 0 saturated carbocycles. The SMILES string of the molecule is CN(c1ccc(C(O)C(=O)[O-])cc1)c1cccc(-n2c(=S)[nH][nH]c2=S)c1.[Na+]. The van der Waals surface area contributed by atoms with Crippen LogP contribution in [0.4, 0.5) is 11.4 Å². The van der Waals surface area contributed by atoms with Gasteiger partial charge >= 0.3 is 29.6 Å². The zero-order valence-corrected chi connectivity index (χ0v) is 18.3. The van der Waals surface area contributed by atoms with E-state index in [0.717, 1.165) is 17.1 Å². The first kappa shape index (κ1) is 21.5. The minimum absolute atomic E-state index is 0. The van der Waals surface area contributed by atoms with Crippen LogP contribution in [-0.4, -0.2) is 32.9 Å². The molecule has 10 heteroatoms. The molecule has 1 heterocycles. The van der Waals surface area contributed by atoms with Crippen molar-refractivity contribution < 1.29 is 44.6 Å². The second-order valence-corrected chi connectivity index (χ2v) is 6.36. The molecule has 0 amide bonds. The molecule has 0 aliphatic heterocycles. The molecule has 3 aromatic rings. The van der Waals surface area contributed by atoms with Gasteiger partial charge in [-0.1, -0.05) is 18.2 Å². The number of carboxylic acid groups (broad SMARTS) is 1. The summed E-state index contributed by atoms with van der Waals surface area (Å²) in [7, 11) is 1.88. The second-order valence-electron chi connectivity index (χ2n) is 5.59. The largest absolute Gasteiger partial charge is 1.00 e. The topological polar surface area (TPSA) is 100 Å². The number of carboxylic acids is 1. The van der Waals surface area contributed by atoms with E-state index in [-0.39, 0.29) is 35.1 Å². The van der Waals surface area contributed by atoms with Crippen LogP contribution in [0.1, 0.15) is 11.7 Å². The fourth-order valence-corrected chi connectivity index (χ4v) is 3.10. The first-order valence-corrected chi connectivity index (χ1v) is 8.43. The van der Waals surface area contributed by atoms with Crippen LogP contribution in [0.3, 0.4) is 0 Å². The van der Waals surface area contributed by atoms with Gasteiger partial charge in [-0.3, -0.25) is 14.8 Å². The molecule has 3 rings (SSSR count). The van der Waals surface area contributed by atoms with E-state index in [9.17, 15) is 15.0 Å². The molecule has 0 radical (unpaired) electrons. The monoisotopic (exact) mass is 410 g/mol. The number of benzene rings is 2. The van der Waals surface area contributed by atoms with Crippen molar-refractivity contribution in [3.63, 3.8) is 0 Å². The van der Waals surface area contributed by atoms with Crippen LogP contribution in [0.2, 0.25) is 0 Å². The first-order valence-electron chi connectivity index (χ1n) is 7.61. The molecule has 0 saturated heterocycles. The number of aliphatic hydroxyl groups is 1. The van der Waals surface area contributed by atoms with Crippen molar-refractivity contribution >= 4 is 41.8 Å². The van der Waals surface area contributed by atoms with Crippen molar-refractivity contribution in [1.29, 1.82) is 0 Å². The summed E-state index contributed by atoms with van der Waals surface area (Å²) < 4.78 is 2.65. The number of nitrogens with zero attached hydrogens (tertiary/aromatic N) is 2. The second kappa shape index (κ2) is 8.96. The average molecular weight is 410 g/mol. The summed E-state index contributed by atoms with van der Waals surface area (Å²) >= 11 is 10.5. The van der Waals surface area contributed by atoms with Crippen molar-refractivity contribution in [3.05, 3.63) is 63.6 Å². The standard InChI is InChI=1S/C17H16N4O3S2.Na/c1-20(11-7-5-10(6-8-11)14(22)15(23)24)12-3-2-4-13(9-12)21-16(25)18-19-17(21)26;/h2-9,14,22H,1H3,(H,18,25)(H,19,26)(H,23,24);/q;+1/p-1. The maximum atomic E-state index is 10.7. The van der Waals surface area contributed by atoms with E-state index in [1.54, 1.807) is 28.8 Å². The van der Waals surface area contributed by atoms with Crippen molar-refractivity contribution in [2.75, 3.05) is 11.9 Å². The van der Waals surface area contributed by atoms with Gasteiger partial charge in [-0.2, -0.15) is 0 Å². The Morgan fingerprint density at radius 3 is 2.26 bits per heavy atom. The number of H-pyrrole nitrogens is 2. The van der Waals surface area contributed by atoms with Gasteiger partial charge in [0.2, 0.25) is 0 Å². The molecule has 1 aromatic heterocycles. The predicted octanol–water partition coefficient (Wildman–Crippen LogP) is -0.852. The molecule has 2 aromatic carbocycles. The van der Waals surface area contributed by atoms with Gasteiger partial charge < -0.3 is 19.9 Å². The Morgan fingerprint density at radius 2 is 1.70 bits per heavy atom. The summed E-state index contributed by atoms with van der Waals surface area (Å²) in [5.41, 5.74) is 2.78. The van der Waals surface area contributed by atoms with Crippen LogP contribution in [0.25, 0.3) is 5.69 Å². The number of aliphatic hydroxyl groups excluding tert-OH is 1. The van der Waals surface area contributed by atoms with Crippen LogP contribution in [0, 0.1) is 9.54 Å². The van der Waals surface area contributed by atoms with E-state index in [1.165, 1.54) is 0 Å². The van der Waals surface area contributed by atoms with Gasteiger partial charge in [0, 0.05) is 18.4 Å². The summed E-state index contributed by atoms with van der Waals surface area (Å²) in [6, 6.07) is 14.2. The smallest absolute Gasteiger partial charge is 0.547 e. The molecule has 0 aliphatic carbocycles. The third-order valence-electron chi connectivity index (χ3n) is 3.98. The van der Waals surface area contributed by atoms with E-state index >= 15 is 0 Å². The van der Waals surface area contributed by atoms with Crippen LogP contribution in [-0.2, 0) is 4.79 Å². The quantitative estimate of drug-likeness (QED) is 0.374. The van der Waals surface area contributed by atoms with E-state index in [1.807, 2.05) is 36.2 Å². The van der Waals surface area contributed by atoms with Gasteiger partial charge in [0.25, 0.3) is 0 Å². The van der Waals surface area contributed by atoms with E-state index < -0.39 is 12.1 Å². The van der Waals surface area contributed by atoms with Crippen molar-refractivity contribution in [2.45, 2.75) is 6.10 Å². The Labute approximate surface area is 187 Å². The average Bonchev–Trinajstić information content (AvgIpc) is 2.99. The van der Waals surface area contributed by atoms with Crippen LogP contribution < -0.4 is 39.6 Å². The molecule has 134 valence electrons. The zero-order valence-electron chi connectivity index (χ0n) is 14.7. The summed E-state index contributed by atoms with van der Waals surface area (Å²) in [6.45, 7) is 0. The maximum absolute atomic E-state index is 10.7. The summed E-state index contributed by atoms with van der Waals surface area (Å²) in [6.07, 6.45) is -1.64. The fraction of sp³-hybridized carbons (Fsp3) is 0.118. The summed E-state index contributed by atoms with van der Waals surface area (Å²) in [4.78, 5) is 12.7. The van der Waals surface area contributed by atoms with Crippen molar-refractivity contribution in [3.8, 4) is 5.69 Å². The number of aliphatic carboxylic acids is 1. The van der Waals surface area contributed by atoms with Gasteiger partial charge in [-0.25, -0.2) is 0 Å². The van der Waals surface area contributed by atoms with Gasteiger partial charge in [-0.05, 0) is 60.3 Å². The van der Waals surface area contributed by atoms with Crippen LogP contribution in [0.5, 0.6) is 0 Å². The van der Waals surface area contributed by atoms with Gasteiger partial charge in [0.1, 0.15) is 6.10 Å². The minimum atomic E-state index is -1.64. The number of rotatable bonds is 5. The molecule has 0 spiro atoms. The van der Waals surface area contributed by atoms with Crippen molar-refractivity contribution in [1.82, 2.24) is 14.8 Å². The molecular weight excluding hydrogens is 395 g/mol. The van der Waals surface area contributed by atoms with Gasteiger partial charge in [-0.15, -0.1) is 0 Å². The number of anilines is 2. The molecule has 1 unspecified atom stereocenters. The van der Waals surface area contributed by atoms with Crippen LogP contribution in [0.15, 0.2) is 48.5 Å². The Hall–Kier alpha value is -1.75. The third kappa shape index (κ3) is 4.57. The van der Waals surface area contributed by atoms with E-state index in [0.29, 0.717) is 9.54 Å². The normalized spacial score (nSPS) is 11.5. The first-order chi connectivity index (χ1) is 12.4. The zero-order chi connectivity index (χ0) is 18.8. The molecule has 7 nitrogen and oxygen atoms in total. The molecule has 0 fully saturated rings. The summed E-state index contributed by atoms with van der Waals surface area (Å²) in [5, 5.41) is 25.9. The number of aromatic nitrogens is 3. The van der Waals surface area contributed by atoms with E-state index in [2.05, 4.69) is 10.2 Å².